The number of rotatable bonds is 13. The van der Waals surface area contributed by atoms with Crippen LogP contribution >= 0.6 is 15.5 Å². The van der Waals surface area contributed by atoms with E-state index in [4.69, 9.17) is 6.66 Å². The largest absolute Gasteiger partial charge is 0.179 e. The van der Waals surface area contributed by atoms with Gasteiger partial charge in [0, 0.05) is 6.54 Å². The van der Waals surface area contributed by atoms with E-state index in [1.165, 1.54) is 66.2 Å². The second-order valence-electron chi connectivity index (χ2n) is 16.1. The van der Waals surface area contributed by atoms with Crippen LogP contribution in [0.5, 0.6) is 0 Å². The number of hydrogen-bond donors (Lipinski definition) is 0. The molecule has 296 valence electrons. The van der Waals surface area contributed by atoms with Crippen LogP contribution in [-0.2, 0) is 0 Å². The monoisotopic (exact) mass is 813 g/mol. The Bertz CT molecular complexity index is 2310. The predicted molar refractivity (Wildman–Crippen MR) is 262 cm³/mol. The molecule has 60 heavy (non-hydrogen) atoms. The Balaban J connectivity index is 1.36. The number of hydrogen-bond acceptors (Lipinski definition) is 1. The molecule has 1 fully saturated rings. The van der Waals surface area contributed by atoms with E-state index in [1.54, 1.807) is 0 Å². The molecule has 9 rings (SSSR count). The SMILES string of the molecule is [CH2-][P+]1(N(CCCC)P(c2cc(-c3ccccc3)cc(-c3ccccc3)c2)c2cc(-c3ccccc3)cc(-c3ccccc3)c2)[C@@H](c2ccccc2)CC[C@@H]1c1ccccc1. The van der Waals surface area contributed by atoms with Gasteiger partial charge in [-0.2, -0.15) is 11.1 Å². The van der Waals surface area contributed by atoms with Crippen molar-refractivity contribution in [1.29, 1.82) is 0 Å². The summed E-state index contributed by atoms with van der Waals surface area (Å²) in [5.74, 6) is 0. The molecule has 8 aromatic carbocycles. The summed E-state index contributed by atoms with van der Waals surface area (Å²) in [5, 5.41) is 2.75. The van der Waals surface area contributed by atoms with Crippen molar-refractivity contribution in [2.45, 2.75) is 43.9 Å². The molecule has 1 saturated heterocycles. The summed E-state index contributed by atoms with van der Waals surface area (Å²) >= 11 is 0. The van der Waals surface area contributed by atoms with E-state index in [0.717, 1.165) is 32.2 Å². The number of unbranched alkanes of at least 4 members (excludes halogenated alkanes) is 1. The number of nitrogens with zero attached hydrogens (tertiary/aromatic N) is 1. The van der Waals surface area contributed by atoms with E-state index in [2.05, 4.69) is 230 Å². The third kappa shape index (κ3) is 8.33. The van der Waals surface area contributed by atoms with Crippen molar-refractivity contribution < 1.29 is 0 Å². The molecule has 3 heteroatoms. The highest BCUT2D eigenvalue weighted by Gasteiger charge is 2.55. The molecule has 0 amide bonds. The van der Waals surface area contributed by atoms with Crippen molar-refractivity contribution in [3.63, 3.8) is 0 Å². The van der Waals surface area contributed by atoms with Gasteiger partial charge in [0.1, 0.15) is 0 Å². The molecule has 2 atom stereocenters. The minimum absolute atomic E-state index is 0.350. The standard InChI is InChI=1S/C57H53NP2/c1-3-4-37-58(60(2)56(48-31-19-9-20-32-48)35-36-57(60)49-33-21-10-22-34-49)59(54-40-50(44-23-11-5-12-24-44)38-51(41-54)45-25-13-6-14-26-45)55-42-52(46-27-15-7-16-28-46)39-53(43-55)47-29-17-8-18-30-47/h5-34,38-43,56-57H,2-4,35-37H2,1H3/t56-,57-/m1/s1. The molecule has 1 aliphatic rings. The minimum Gasteiger partial charge on any atom is -0.179 e. The van der Waals surface area contributed by atoms with Gasteiger partial charge in [0.2, 0.25) is 0 Å². The van der Waals surface area contributed by atoms with Crippen LogP contribution in [-0.4, -0.2) is 11.0 Å². The van der Waals surface area contributed by atoms with E-state index in [-0.39, 0.29) is 0 Å². The zero-order valence-electron chi connectivity index (χ0n) is 34.5. The van der Waals surface area contributed by atoms with Crippen molar-refractivity contribution in [3.05, 3.63) is 236 Å². The maximum atomic E-state index is 5.69. The van der Waals surface area contributed by atoms with Crippen LogP contribution in [0.4, 0.5) is 0 Å². The summed E-state index contributed by atoms with van der Waals surface area (Å²) in [6.07, 6.45) is 4.48. The normalized spacial score (nSPS) is 16.0. The van der Waals surface area contributed by atoms with Crippen LogP contribution in [0.15, 0.2) is 218 Å². The first-order chi connectivity index (χ1) is 29.6. The van der Waals surface area contributed by atoms with Crippen LogP contribution in [0.1, 0.15) is 55.1 Å². The Morgan fingerprint density at radius 1 is 0.433 bits per heavy atom. The first-order valence-corrected chi connectivity index (χ1v) is 24.9. The quantitative estimate of drug-likeness (QED) is 0.0828. The van der Waals surface area contributed by atoms with Crippen molar-refractivity contribution in [2.75, 3.05) is 6.54 Å². The van der Waals surface area contributed by atoms with Crippen molar-refractivity contribution in [2.24, 2.45) is 0 Å². The molecule has 1 aliphatic heterocycles. The molecule has 0 aromatic heterocycles. The minimum atomic E-state index is -2.25. The lowest BCUT2D eigenvalue weighted by atomic mass is 9.99. The van der Waals surface area contributed by atoms with Gasteiger partial charge in [0.25, 0.3) is 0 Å². The average Bonchev–Trinajstić information content (AvgIpc) is 3.69. The van der Waals surface area contributed by atoms with E-state index in [1.807, 2.05) is 0 Å². The van der Waals surface area contributed by atoms with Gasteiger partial charge in [-0.15, -0.1) is 0 Å². The van der Waals surface area contributed by atoms with Gasteiger partial charge < -0.3 is 0 Å². The second-order valence-corrected chi connectivity index (χ2v) is 22.0. The summed E-state index contributed by atoms with van der Waals surface area (Å²) < 4.78 is 3.05. The fraction of sp³-hybridized carbons (Fsp3) is 0.140. The Labute approximate surface area is 360 Å². The highest BCUT2D eigenvalue weighted by atomic mass is 31.2. The van der Waals surface area contributed by atoms with Crippen molar-refractivity contribution >= 4 is 26.1 Å². The van der Waals surface area contributed by atoms with Crippen LogP contribution in [0.2, 0.25) is 0 Å². The molecular formula is C57H53NP2. The summed E-state index contributed by atoms with van der Waals surface area (Å²) in [7, 11) is -3.37. The molecule has 1 heterocycles. The molecule has 0 N–H and O–H groups in total. The van der Waals surface area contributed by atoms with Crippen LogP contribution in [0.25, 0.3) is 44.5 Å². The molecule has 0 aliphatic carbocycles. The molecule has 0 radical (unpaired) electrons. The molecule has 0 unspecified atom stereocenters. The van der Waals surface area contributed by atoms with Gasteiger partial charge in [0.15, 0.2) is 0 Å². The Kier molecular flexibility index (Phi) is 12.3. The fourth-order valence-corrected chi connectivity index (χ4v) is 18.4. The van der Waals surface area contributed by atoms with Gasteiger partial charge in [0.05, 0.1) is 19.4 Å². The molecule has 0 saturated carbocycles. The van der Waals surface area contributed by atoms with E-state index < -0.39 is 15.5 Å². The zero-order valence-corrected chi connectivity index (χ0v) is 36.3. The van der Waals surface area contributed by atoms with Gasteiger partial charge in [-0.3, -0.25) is 0 Å². The Morgan fingerprint density at radius 2 is 0.733 bits per heavy atom. The third-order valence-corrected chi connectivity index (χ3v) is 20.3. The lowest BCUT2D eigenvalue weighted by molar-refractivity contribution is 0.625. The van der Waals surface area contributed by atoms with E-state index in [0.29, 0.717) is 11.3 Å². The van der Waals surface area contributed by atoms with Crippen molar-refractivity contribution in [3.8, 4) is 44.5 Å². The first-order valence-electron chi connectivity index (χ1n) is 21.5. The molecule has 0 bridgehead atoms. The highest BCUT2D eigenvalue weighted by molar-refractivity contribution is 7.87. The summed E-state index contributed by atoms with van der Waals surface area (Å²) in [6.45, 7) is 9.02. The Hall–Kier alpha value is -5.42. The molecule has 0 spiro atoms. The Morgan fingerprint density at radius 3 is 1.03 bits per heavy atom. The first kappa shape index (κ1) is 40.0. The van der Waals surface area contributed by atoms with Gasteiger partial charge in [-0.05, 0) is 129 Å². The van der Waals surface area contributed by atoms with E-state index in [9.17, 15) is 0 Å². The van der Waals surface area contributed by atoms with Gasteiger partial charge in [-0.25, -0.2) is 0 Å². The second kappa shape index (κ2) is 18.5. The lowest BCUT2D eigenvalue weighted by Gasteiger charge is -2.49. The van der Waals surface area contributed by atoms with E-state index >= 15 is 0 Å². The van der Waals surface area contributed by atoms with Crippen LogP contribution < -0.4 is 10.6 Å². The van der Waals surface area contributed by atoms with Crippen LogP contribution in [0.3, 0.4) is 0 Å². The molecule has 1 nitrogen and oxygen atoms in total. The highest BCUT2D eigenvalue weighted by Crippen LogP contribution is 2.88. The maximum absolute atomic E-state index is 5.69. The lowest BCUT2D eigenvalue weighted by Crippen LogP contribution is -2.32. The topological polar surface area (TPSA) is 3.24 Å². The van der Waals surface area contributed by atoms with Gasteiger partial charge >= 0.3 is 0 Å². The maximum Gasteiger partial charge on any atom is 0.0845 e. The summed E-state index contributed by atoms with van der Waals surface area (Å²) in [4.78, 5) is 0. The molecule has 8 aromatic rings. The predicted octanol–water partition coefficient (Wildman–Crippen LogP) is 15.8. The van der Waals surface area contributed by atoms with Gasteiger partial charge in [-0.1, -0.05) is 195 Å². The zero-order chi connectivity index (χ0) is 40.7. The summed E-state index contributed by atoms with van der Waals surface area (Å²) in [5.41, 5.74) is 13.5. The fourth-order valence-electron chi connectivity index (χ4n) is 9.33. The average molecular weight is 814 g/mol. The smallest absolute Gasteiger partial charge is 0.0845 e. The van der Waals surface area contributed by atoms with Crippen LogP contribution in [0, 0.1) is 6.66 Å². The summed E-state index contributed by atoms with van der Waals surface area (Å²) in [6, 6.07) is 81.6. The van der Waals surface area contributed by atoms with Crippen molar-refractivity contribution in [1.82, 2.24) is 4.44 Å². The third-order valence-electron chi connectivity index (χ3n) is 12.3. The number of benzene rings is 8. The molecular weight excluding hydrogens is 761 g/mol.